The minimum Gasteiger partial charge on any atom is -0.744 e. The maximum atomic E-state index is 11.4. The molecule has 0 aliphatic heterocycles. The molecule has 0 bridgehead atoms. The molecule has 0 saturated heterocycles. The summed E-state index contributed by atoms with van der Waals surface area (Å²) < 4.78 is 34.3. The van der Waals surface area contributed by atoms with Gasteiger partial charge in [-0.1, -0.05) is 48.5 Å². The second-order valence-electron chi connectivity index (χ2n) is 4.87. The van der Waals surface area contributed by atoms with Crippen molar-refractivity contribution >= 4 is 31.7 Å². The summed E-state index contributed by atoms with van der Waals surface area (Å²) in [5, 5.41) is 3.84. The Morgan fingerprint density at radius 3 is 2.32 bits per heavy atom. The molecule has 22 heavy (non-hydrogen) atoms. The Balaban J connectivity index is 0.00000176. The first kappa shape index (κ1) is 16.8. The third-order valence-corrected chi connectivity index (χ3v) is 4.53. The van der Waals surface area contributed by atoms with Crippen LogP contribution in [0.4, 0.5) is 0 Å². The van der Waals surface area contributed by atoms with Gasteiger partial charge in [0, 0.05) is 0 Å². The van der Waals surface area contributed by atoms with Crippen molar-refractivity contribution in [3.05, 3.63) is 66.7 Å². The van der Waals surface area contributed by atoms with Crippen molar-refractivity contribution in [2.45, 2.75) is 11.3 Å². The van der Waals surface area contributed by atoms with Gasteiger partial charge in [-0.15, -0.1) is 6.58 Å². The Morgan fingerprint density at radius 1 is 0.955 bits per heavy atom. The molecule has 3 aromatic rings. The molecule has 106 valence electrons. The number of rotatable bonds is 3. The average Bonchev–Trinajstić information content (AvgIpc) is 2.46. The smallest absolute Gasteiger partial charge is 0.744 e. The molecular formula is C17H13LiO3S. The van der Waals surface area contributed by atoms with E-state index < -0.39 is 10.1 Å². The molecule has 0 radical (unpaired) electrons. The monoisotopic (exact) mass is 304 g/mol. The van der Waals surface area contributed by atoms with Gasteiger partial charge in [0.25, 0.3) is 0 Å². The van der Waals surface area contributed by atoms with E-state index in [4.69, 9.17) is 0 Å². The van der Waals surface area contributed by atoms with Crippen molar-refractivity contribution in [2.24, 2.45) is 0 Å². The van der Waals surface area contributed by atoms with E-state index in [2.05, 4.69) is 6.58 Å². The zero-order chi connectivity index (χ0) is 15.0. The predicted octanol–water partition coefficient (Wildman–Crippen LogP) is 0.630. The Kier molecular flexibility index (Phi) is 4.79. The topological polar surface area (TPSA) is 57.2 Å². The van der Waals surface area contributed by atoms with Crippen LogP contribution in [0.25, 0.3) is 21.5 Å². The van der Waals surface area contributed by atoms with Gasteiger partial charge in [-0.2, -0.15) is 0 Å². The summed E-state index contributed by atoms with van der Waals surface area (Å²) in [7, 11) is -4.50. The van der Waals surface area contributed by atoms with E-state index in [1.54, 1.807) is 12.1 Å². The number of hydrogen-bond acceptors (Lipinski definition) is 3. The first-order valence-corrected chi connectivity index (χ1v) is 7.93. The van der Waals surface area contributed by atoms with Gasteiger partial charge < -0.3 is 4.55 Å². The van der Waals surface area contributed by atoms with Crippen LogP contribution in [0.1, 0.15) is 5.56 Å². The largest absolute Gasteiger partial charge is 1.00 e. The van der Waals surface area contributed by atoms with E-state index >= 15 is 0 Å². The van der Waals surface area contributed by atoms with Gasteiger partial charge in [-0.3, -0.25) is 0 Å². The zero-order valence-corrected chi connectivity index (χ0v) is 13.1. The normalized spacial score (nSPS) is 11.3. The molecule has 0 atom stereocenters. The number of hydrogen-bond donors (Lipinski definition) is 0. The predicted molar refractivity (Wildman–Crippen MR) is 83.3 cm³/mol. The number of allylic oxidation sites excluding steroid dienone is 1. The molecule has 0 unspecified atom stereocenters. The van der Waals surface area contributed by atoms with Crippen LogP contribution >= 0.6 is 0 Å². The maximum absolute atomic E-state index is 11.4. The van der Waals surface area contributed by atoms with Gasteiger partial charge >= 0.3 is 18.9 Å². The van der Waals surface area contributed by atoms with Crippen molar-refractivity contribution in [1.29, 1.82) is 0 Å². The molecule has 3 aromatic carbocycles. The van der Waals surface area contributed by atoms with Crippen LogP contribution in [-0.4, -0.2) is 13.0 Å². The fourth-order valence-electron chi connectivity index (χ4n) is 2.72. The van der Waals surface area contributed by atoms with Gasteiger partial charge in [0.1, 0.15) is 10.1 Å². The Labute approximate surface area is 141 Å². The molecule has 0 aliphatic rings. The number of benzene rings is 3. The fraction of sp³-hybridized carbons (Fsp3) is 0.0588. The molecule has 0 saturated carbocycles. The molecule has 5 heteroatoms. The van der Waals surface area contributed by atoms with Crippen molar-refractivity contribution < 1.29 is 31.8 Å². The first-order valence-electron chi connectivity index (χ1n) is 6.52. The van der Waals surface area contributed by atoms with Gasteiger partial charge in [0.05, 0.1) is 4.90 Å². The van der Waals surface area contributed by atoms with E-state index in [1.165, 1.54) is 6.07 Å². The van der Waals surface area contributed by atoms with Crippen LogP contribution in [-0.2, 0) is 16.5 Å². The summed E-state index contributed by atoms with van der Waals surface area (Å²) in [5.41, 5.74) is 0.517. The summed E-state index contributed by atoms with van der Waals surface area (Å²) in [4.78, 5) is -0.162. The van der Waals surface area contributed by atoms with E-state index in [1.807, 2.05) is 36.4 Å². The molecule has 0 spiro atoms. The summed E-state index contributed by atoms with van der Waals surface area (Å²) in [6.07, 6.45) is 1.95. The van der Waals surface area contributed by atoms with E-state index in [-0.39, 0.29) is 23.8 Å². The van der Waals surface area contributed by atoms with Crippen LogP contribution < -0.4 is 18.9 Å². The molecule has 0 fully saturated rings. The van der Waals surface area contributed by atoms with E-state index in [0.29, 0.717) is 12.0 Å². The SMILES string of the molecule is C=CCc1c(S(=O)(=O)[O-])ccc2c1ccc1ccccc12.[Li+]. The summed E-state index contributed by atoms with van der Waals surface area (Å²) in [6, 6.07) is 14.8. The van der Waals surface area contributed by atoms with Gasteiger partial charge in [-0.05, 0) is 39.6 Å². The molecular weight excluding hydrogens is 291 g/mol. The van der Waals surface area contributed by atoms with Gasteiger partial charge in [0.2, 0.25) is 0 Å². The third kappa shape index (κ3) is 2.84. The van der Waals surface area contributed by atoms with E-state index in [0.717, 1.165) is 21.5 Å². The summed E-state index contributed by atoms with van der Waals surface area (Å²) in [5.74, 6) is 0. The quantitative estimate of drug-likeness (QED) is 0.309. The molecule has 3 nitrogen and oxygen atoms in total. The number of fused-ring (bicyclic) bond motifs is 3. The molecule has 0 aliphatic carbocycles. The van der Waals surface area contributed by atoms with Gasteiger partial charge in [-0.25, -0.2) is 8.42 Å². The standard InChI is InChI=1S/C17H14O3S.Li/c1-2-5-16-15-9-8-12-6-3-4-7-13(12)14(15)10-11-17(16)21(18,19)20;/h2-4,6-11H,1,5H2,(H,18,19,20);/q;+1/p-1. The molecule has 0 aromatic heterocycles. The second-order valence-corrected chi connectivity index (χ2v) is 6.22. The molecule has 3 rings (SSSR count). The van der Waals surface area contributed by atoms with Crippen LogP contribution in [0.3, 0.4) is 0 Å². The molecule has 0 N–H and O–H groups in total. The summed E-state index contributed by atoms with van der Waals surface area (Å²) >= 11 is 0. The van der Waals surface area contributed by atoms with E-state index in [9.17, 15) is 13.0 Å². The minimum atomic E-state index is -4.50. The Bertz CT molecular complexity index is 962. The van der Waals surface area contributed by atoms with Crippen LogP contribution in [0.5, 0.6) is 0 Å². The Morgan fingerprint density at radius 2 is 1.64 bits per heavy atom. The summed E-state index contributed by atoms with van der Waals surface area (Å²) in [6.45, 7) is 3.65. The second kappa shape index (κ2) is 6.27. The van der Waals surface area contributed by atoms with Crippen molar-refractivity contribution in [3.8, 4) is 0 Å². The van der Waals surface area contributed by atoms with Crippen molar-refractivity contribution in [3.63, 3.8) is 0 Å². The molecule has 0 amide bonds. The Hall–Kier alpha value is -1.57. The van der Waals surface area contributed by atoms with Crippen LogP contribution in [0, 0.1) is 0 Å². The minimum absolute atomic E-state index is 0. The fourth-order valence-corrected chi connectivity index (χ4v) is 3.45. The van der Waals surface area contributed by atoms with Gasteiger partial charge in [0.15, 0.2) is 0 Å². The molecule has 0 heterocycles. The van der Waals surface area contributed by atoms with Crippen LogP contribution in [0.15, 0.2) is 66.1 Å². The maximum Gasteiger partial charge on any atom is 1.00 e. The average molecular weight is 304 g/mol. The van der Waals surface area contributed by atoms with Crippen molar-refractivity contribution in [2.75, 3.05) is 0 Å². The third-order valence-electron chi connectivity index (χ3n) is 3.61. The first-order chi connectivity index (χ1) is 10.0. The van der Waals surface area contributed by atoms with Crippen molar-refractivity contribution in [1.82, 2.24) is 0 Å². The zero-order valence-electron chi connectivity index (χ0n) is 12.2. The van der Waals surface area contributed by atoms with Crippen LogP contribution in [0.2, 0.25) is 0 Å².